The Balaban J connectivity index is 1.59. The van der Waals surface area contributed by atoms with Gasteiger partial charge < -0.3 is 0 Å². The molecule has 0 N–H and O–H groups in total. The van der Waals surface area contributed by atoms with Gasteiger partial charge in [0.15, 0.2) is 0 Å². The lowest BCUT2D eigenvalue weighted by atomic mass is 10.1. The Morgan fingerprint density at radius 3 is 1.29 bits per heavy atom. The molecule has 0 aromatic carbocycles. The number of piperazine rings is 1. The molecule has 0 radical (unpaired) electrons. The molecule has 0 bridgehead atoms. The summed E-state index contributed by atoms with van der Waals surface area (Å²) in [5, 5.41) is 0. The van der Waals surface area contributed by atoms with E-state index in [0.29, 0.717) is 39.3 Å². The molecule has 8 nitrogen and oxygen atoms in total. The number of hydrogen-bond donors (Lipinski definition) is 0. The number of hydrogen-bond acceptors (Lipinski definition) is 6. The Morgan fingerprint density at radius 2 is 1.04 bits per heavy atom. The Kier molecular flexibility index (Phi) is 4.69. The van der Waals surface area contributed by atoms with Crippen LogP contribution in [0.5, 0.6) is 0 Å². The van der Waals surface area contributed by atoms with E-state index in [1.54, 1.807) is 13.8 Å². The van der Waals surface area contributed by atoms with E-state index in [9.17, 15) is 19.2 Å². The van der Waals surface area contributed by atoms with Crippen LogP contribution in [0.2, 0.25) is 0 Å². The average molecular weight is 336 g/mol. The number of carbonyl (C=O) groups is 4. The Labute approximate surface area is 141 Å². The fourth-order valence-corrected chi connectivity index (χ4v) is 3.93. The molecule has 0 aromatic rings. The van der Waals surface area contributed by atoms with Gasteiger partial charge >= 0.3 is 0 Å². The number of likely N-dealkylation sites (N-methyl/N-ethyl adjacent to an activating group) is 2. The van der Waals surface area contributed by atoms with Gasteiger partial charge in [0.25, 0.3) is 0 Å². The van der Waals surface area contributed by atoms with Crippen LogP contribution in [0, 0.1) is 0 Å². The van der Waals surface area contributed by atoms with Crippen LogP contribution in [-0.2, 0) is 19.2 Å². The van der Waals surface area contributed by atoms with E-state index in [1.807, 2.05) is 9.80 Å². The predicted molar refractivity (Wildman–Crippen MR) is 84.7 cm³/mol. The molecule has 0 unspecified atom stereocenters. The second-order valence-electron chi connectivity index (χ2n) is 6.46. The smallest absolute Gasteiger partial charge is 0.247 e. The topological polar surface area (TPSA) is 81.2 Å². The van der Waals surface area contributed by atoms with Gasteiger partial charge in [-0.15, -0.1) is 0 Å². The van der Waals surface area contributed by atoms with Gasteiger partial charge in [0, 0.05) is 39.3 Å². The summed E-state index contributed by atoms with van der Waals surface area (Å²) < 4.78 is 0. The van der Waals surface area contributed by atoms with Crippen LogP contribution in [0.3, 0.4) is 0 Å². The standard InChI is InChI=1S/C16H24N4O4/c1-3-19-13(21)9-11(15(19)23)17-5-7-18(8-6-17)12-10-14(22)20(4-2)16(12)24/h11-12H,3-10H2,1-2H3/t11-,12-/m1/s1. The van der Waals surface area contributed by atoms with Crippen LogP contribution >= 0.6 is 0 Å². The van der Waals surface area contributed by atoms with Gasteiger partial charge in [0.05, 0.1) is 24.9 Å². The molecule has 4 amide bonds. The molecular formula is C16H24N4O4. The summed E-state index contributed by atoms with van der Waals surface area (Å²) in [5.74, 6) is -0.435. The zero-order valence-corrected chi connectivity index (χ0v) is 14.2. The molecule has 0 aliphatic carbocycles. The van der Waals surface area contributed by atoms with Gasteiger partial charge in [-0.25, -0.2) is 0 Å². The third kappa shape index (κ3) is 2.73. The largest absolute Gasteiger partial charge is 0.289 e. The van der Waals surface area contributed by atoms with E-state index in [-0.39, 0.29) is 48.6 Å². The normalized spacial score (nSPS) is 30.1. The molecule has 0 spiro atoms. The fraction of sp³-hybridized carbons (Fsp3) is 0.750. The Morgan fingerprint density at radius 1 is 0.708 bits per heavy atom. The molecule has 3 saturated heterocycles. The average Bonchev–Trinajstić information content (AvgIpc) is 3.03. The van der Waals surface area contributed by atoms with E-state index in [0.717, 1.165) is 0 Å². The first-order valence-electron chi connectivity index (χ1n) is 8.64. The summed E-state index contributed by atoms with van der Waals surface area (Å²) in [6.45, 7) is 6.96. The van der Waals surface area contributed by atoms with Crippen molar-refractivity contribution in [3.05, 3.63) is 0 Å². The Bertz CT molecular complexity index is 520. The zero-order chi connectivity index (χ0) is 17.4. The number of nitrogens with zero attached hydrogens (tertiary/aromatic N) is 4. The highest BCUT2D eigenvalue weighted by Gasteiger charge is 2.45. The number of carbonyl (C=O) groups excluding carboxylic acids is 4. The summed E-state index contributed by atoms with van der Waals surface area (Å²) in [7, 11) is 0. The van der Waals surface area contributed by atoms with E-state index in [2.05, 4.69) is 0 Å². The molecule has 3 rings (SSSR count). The van der Waals surface area contributed by atoms with E-state index in [4.69, 9.17) is 0 Å². The number of rotatable bonds is 4. The van der Waals surface area contributed by atoms with Crippen molar-refractivity contribution in [2.75, 3.05) is 39.3 Å². The molecule has 24 heavy (non-hydrogen) atoms. The van der Waals surface area contributed by atoms with Crippen LogP contribution < -0.4 is 0 Å². The number of imide groups is 2. The summed E-state index contributed by atoms with van der Waals surface area (Å²) in [6, 6.07) is -0.736. The molecule has 0 saturated carbocycles. The molecule has 2 atom stereocenters. The highest BCUT2D eigenvalue weighted by atomic mass is 16.2. The SMILES string of the molecule is CCN1C(=O)C[C@@H](N2CCN([C@@H]3CC(=O)N(CC)C3=O)CC2)C1=O. The van der Waals surface area contributed by atoms with Crippen LogP contribution in [-0.4, -0.2) is 94.6 Å². The monoisotopic (exact) mass is 336 g/mol. The van der Waals surface area contributed by atoms with Crippen molar-refractivity contribution in [3.63, 3.8) is 0 Å². The zero-order valence-electron chi connectivity index (χ0n) is 14.2. The second-order valence-corrected chi connectivity index (χ2v) is 6.46. The molecule has 132 valence electrons. The first-order valence-corrected chi connectivity index (χ1v) is 8.64. The third-order valence-electron chi connectivity index (χ3n) is 5.30. The van der Waals surface area contributed by atoms with Gasteiger partial charge in [0.2, 0.25) is 23.6 Å². The van der Waals surface area contributed by atoms with Crippen LogP contribution in [0.1, 0.15) is 26.7 Å². The molecular weight excluding hydrogens is 312 g/mol. The van der Waals surface area contributed by atoms with Crippen molar-refractivity contribution in [1.82, 2.24) is 19.6 Å². The van der Waals surface area contributed by atoms with Crippen LogP contribution in [0.25, 0.3) is 0 Å². The van der Waals surface area contributed by atoms with Gasteiger partial charge in [-0.2, -0.15) is 0 Å². The maximum Gasteiger partial charge on any atom is 0.247 e. The quantitative estimate of drug-likeness (QED) is 0.606. The summed E-state index contributed by atoms with van der Waals surface area (Å²) in [6.07, 6.45) is 0.494. The minimum absolute atomic E-state index is 0.106. The van der Waals surface area contributed by atoms with Crippen molar-refractivity contribution in [2.45, 2.75) is 38.8 Å². The highest BCUT2D eigenvalue weighted by molar-refractivity contribution is 6.06. The third-order valence-corrected chi connectivity index (χ3v) is 5.30. The highest BCUT2D eigenvalue weighted by Crippen LogP contribution is 2.23. The summed E-state index contributed by atoms with van der Waals surface area (Å²) in [4.78, 5) is 55.0. The second kappa shape index (κ2) is 6.60. The van der Waals surface area contributed by atoms with E-state index in [1.165, 1.54) is 9.80 Å². The van der Waals surface area contributed by atoms with Crippen molar-refractivity contribution in [3.8, 4) is 0 Å². The number of likely N-dealkylation sites (tertiary alicyclic amines) is 2. The predicted octanol–water partition coefficient (Wildman–Crippen LogP) is -1.10. The van der Waals surface area contributed by atoms with Gasteiger partial charge in [-0.1, -0.05) is 0 Å². The van der Waals surface area contributed by atoms with Gasteiger partial charge in [-0.05, 0) is 13.8 Å². The first kappa shape index (κ1) is 17.0. The van der Waals surface area contributed by atoms with Crippen molar-refractivity contribution < 1.29 is 19.2 Å². The lowest BCUT2D eigenvalue weighted by Crippen LogP contribution is -2.56. The van der Waals surface area contributed by atoms with Crippen LogP contribution in [0.15, 0.2) is 0 Å². The molecule has 0 aromatic heterocycles. The minimum Gasteiger partial charge on any atom is -0.289 e. The maximum absolute atomic E-state index is 12.3. The fourth-order valence-electron chi connectivity index (χ4n) is 3.93. The molecule has 3 fully saturated rings. The van der Waals surface area contributed by atoms with Gasteiger partial charge in [-0.3, -0.25) is 38.8 Å². The van der Waals surface area contributed by atoms with Crippen molar-refractivity contribution in [1.29, 1.82) is 0 Å². The molecule has 8 heteroatoms. The lowest BCUT2D eigenvalue weighted by molar-refractivity contribution is -0.142. The minimum atomic E-state index is -0.368. The van der Waals surface area contributed by atoms with E-state index >= 15 is 0 Å². The molecule has 3 heterocycles. The van der Waals surface area contributed by atoms with Gasteiger partial charge in [0.1, 0.15) is 0 Å². The lowest BCUT2D eigenvalue weighted by Gasteiger charge is -2.38. The first-order chi connectivity index (χ1) is 11.5. The molecule has 3 aliphatic rings. The maximum atomic E-state index is 12.3. The van der Waals surface area contributed by atoms with E-state index < -0.39 is 0 Å². The van der Waals surface area contributed by atoms with Crippen molar-refractivity contribution >= 4 is 23.6 Å². The summed E-state index contributed by atoms with van der Waals surface area (Å²) in [5.41, 5.74) is 0. The van der Waals surface area contributed by atoms with Crippen LogP contribution in [0.4, 0.5) is 0 Å². The summed E-state index contributed by atoms with van der Waals surface area (Å²) >= 11 is 0. The molecule has 3 aliphatic heterocycles. The number of amides is 4. The Hall–Kier alpha value is -1.80. The van der Waals surface area contributed by atoms with Crippen molar-refractivity contribution in [2.24, 2.45) is 0 Å².